The van der Waals surface area contributed by atoms with E-state index in [-0.39, 0.29) is 0 Å². The molecule has 1 saturated heterocycles. The molecular formula is C22H38N4O2. The maximum atomic E-state index is 5.88. The molecule has 0 spiro atoms. The monoisotopic (exact) mass is 390 g/mol. The van der Waals surface area contributed by atoms with Gasteiger partial charge in [0.15, 0.2) is 5.96 Å². The third-order valence-electron chi connectivity index (χ3n) is 5.24. The molecule has 1 aliphatic heterocycles. The molecule has 0 aromatic heterocycles. The lowest BCUT2D eigenvalue weighted by molar-refractivity contribution is 0.145. The fourth-order valence-electron chi connectivity index (χ4n) is 3.55. The number of likely N-dealkylation sites (tertiary alicyclic amines) is 1. The zero-order chi connectivity index (χ0) is 20.2. The molecule has 1 fully saturated rings. The number of methoxy groups -OCH3 is 1. The van der Waals surface area contributed by atoms with Crippen LogP contribution < -0.4 is 15.4 Å². The Hall–Kier alpha value is -1.79. The standard InChI is InChI=1S/C22H38N4O2/c1-5-10-26-11-8-19(9-12-26)16-24-22(23-3)25-17-20-7-6-18(2)15-21(20)28-14-13-27-4/h6-7,15,19H,5,8-14,16-17H2,1-4H3,(H2,23,24,25). The van der Waals surface area contributed by atoms with Crippen molar-refractivity contribution < 1.29 is 9.47 Å². The van der Waals surface area contributed by atoms with Gasteiger partial charge in [-0.2, -0.15) is 0 Å². The van der Waals surface area contributed by atoms with Crippen LogP contribution in [0.15, 0.2) is 23.2 Å². The van der Waals surface area contributed by atoms with Gasteiger partial charge < -0.3 is 25.0 Å². The van der Waals surface area contributed by atoms with Crippen LogP contribution in [0.5, 0.6) is 5.75 Å². The molecule has 1 heterocycles. The molecule has 0 bridgehead atoms. The fourth-order valence-corrected chi connectivity index (χ4v) is 3.55. The molecule has 1 aliphatic rings. The second-order valence-electron chi connectivity index (χ2n) is 7.54. The predicted molar refractivity (Wildman–Crippen MR) is 116 cm³/mol. The van der Waals surface area contributed by atoms with E-state index in [1.165, 1.54) is 44.5 Å². The van der Waals surface area contributed by atoms with E-state index in [0.717, 1.165) is 29.7 Å². The van der Waals surface area contributed by atoms with Crippen molar-refractivity contribution in [3.05, 3.63) is 29.3 Å². The highest BCUT2D eigenvalue weighted by atomic mass is 16.5. The molecule has 1 aromatic rings. The van der Waals surface area contributed by atoms with Gasteiger partial charge >= 0.3 is 0 Å². The first kappa shape index (κ1) is 22.5. The van der Waals surface area contributed by atoms with Crippen molar-refractivity contribution in [2.45, 2.75) is 39.7 Å². The van der Waals surface area contributed by atoms with Gasteiger partial charge in [0.25, 0.3) is 0 Å². The predicted octanol–water partition coefficient (Wildman–Crippen LogP) is 2.81. The summed E-state index contributed by atoms with van der Waals surface area (Å²) in [6, 6.07) is 6.30. The summed E-state index contributed by atoms with van der Waals surface area (Å²) in [5.41, 5.74) is 2.31. The summed E-state index contributed by atoms with van der Waals surface area (Å²) in [7, 11) is 3.51. The molecule has 2 rings (SSSR count). The first-order valence-corrected chi connectivity index (χ1v) is 10.5. The van der Waals surface area contributed by atoms with Gasteiger partial charge in [-0.1, -0.05) is 19.1 Å². The second kappa shape index (κ2) is 12.6. The number of nitrogens with zero attached hydrogens (tertiary/aromatic N) is 2. The van der Waals surface area contributed by atoms with Gasteiger partial charge in [0.05, 0.1) is 6.61 Å². The van der Waals surface area contributed by atoms with Crippen molar-refractivity contribution in [1.82, 2.24) is 15.5 Å². The normalized spacial score (nSPS) is 16.2. The molecular weight excluding hydrogens is 352 g/mol. The van der Waals surface area contributed by atoms with Crippen LogP contribution in [0.1, 0.15) is 37.3 Å². The van der Waals surface area contributed by atoms with E-state index in [2.05, 4.69) is 52.6 Å². The third-order valence-corrected chi connectivity index (χ3v) is 5.24. The Morgan fingerprint density at radius 2 is 2.00 bits per heavy atom. The minimum absolute atomic E-state index is 0.552. The molecule has 0 atom stereocenters. The number of piperidine rings is 1. The molecule has 6 nitrogen and oxygen atoms in total. The highest BCUT2D eigenvalue weighted by Gasteiger charge is 2.18. The average Bonchev–Trinajstić information content (AvgIpc) is 2.71. The smallest absolute Gasteiger partial charge is 0.191 e. The summed E-state index contributed by atoms with van der Waals surface area (Å²) in [6.07, 6.45) is 3.77. The van der Waals surface area contributed by atoms with E-state index in [4.69, 9.17) is 9.47 Å². The lowest BCUT2D eigenvalue weighted by Crippen LogP contribution is -2.42. The van der Waals surface area contributed by atoms with Crippen molar-refractivity contribution in [3.8, 4) is 5.75 Å². The average molecular weight is 391 g/mol. The lowest BCUT2D eigenvalue weighted by atomic mass is 9.97. The Kier molecular flexibility index (Phi) is 10.1. The molecule has 0 saturated carbocycles. The first-order valence-electron chi connectivity index (χ1n) is 10.5. The fraction of sp³-hybridized carbons (Fsp3) is 0.682. The molecule has 1 aromatic carbocycles. The van der Waals surface area contributed by atoms with E-state index >= 15 is 0 Å². The van der Waals surface area contributed by atoms with Crippen LogP contribution in [0.4, 0.5) is 0 Å². The number of aryl methyl sites for hydroxylation is 1. The summed E-state index contributed by atoms with van der Waals surface area (Å²) in [4.78, 5) is 6.95. The zero-order valence-electron chi connectivity index (χ0n) is 18.1. The van der Waals surface area contributed by atoms with Gasteiger partial charge in [0, 0.05) is 32.8 Å². The number of rotatable bonds is 10. The Balaban J connectivity index is 1.79. The third kappa shape index (κ3) is 7.68. The van der Waals surface area contributed by atoms with E-state index in [1.54, 1.807) is 7.11 Å². The van der Waals surface area contributed by atoms with Crippen molar-refractivity contribution in [3.63, 3.8) is 0 Å². The van der Waals surface area contributed by atoms with Gasteiger partial charge in [-0.3, -0.25) is 4.99 Å². The molecule has 0 radical (unpaired) electrons. The van der Waals surface area contributed by atoms with Gasteiger partial charge in [-0.25, -0.2) is 0 Å². The number of guanidine groups is 1. The van der Waals surface area contributed by atoms with E-state index in [0.29, 0.717) is 19.8 Å². The number of nitrogens with one attached hydrogen (secondary N) is 2. The maximum Gasteiger partial charge on any atom is 0.191 e. The van der Waals surface area contributed by atoms with Gasteiger partial charge in [-0.05, 0) is 63.4 Å². The molecule has 0 unspecified atom stereocenters. The lowest BCUT2D eigenvalue weighted by Gasteiger charge is -2.32. The maximum absolute atomic E-state index is 5.88. The molecule has 0 aliphatic carbocycles. The highest BCUT2D eigenvalue weighted by molar-refractivity contribution is 5.79. The molecule has 6 heteroatoms. The molecule has 0 amide bonds. The number of hydrogen-bond acceptors (Lipinski definition) is 4. The van der Waals surface area contributed by atoms with Crippen LogP contribution in [-0.2, 0) is 11.3 Å². The number of benzene rings is 1. The van der Waals surface area contributed by atoms with Crippen LogP contribution >= 0.6 is 0 Å². The van der Waals surface area contributed by atoms with E-state index in [9.17, 15) is 0 Å². The number of hydrogen-bond donors (Lipinski definition) is 2. The SMILES string of the molecule is CCCN1CCC(CNC(=NC)NCc2ccc(C)cc2OCCOC)CC1. The van der Waals surface area contributed by atoms with E-state index in [1.807, 2.05) is 7.05 Å². The minimum Gasteiger partial charge on any atom is -0.491 e. The van der Waals surface area contributed by atoms with Gasteiger partial charge in [0.2, 0.25) is 0 Å². The molecule has 158 valence electrons. The largest absolute Gasteiger partial charge is 0.491 e. The van der Waals surface area contributed by atoms with Gasteiger partial charge in [0.1, 0.15) is 12.4 Å². The Morgan fingerprint density at radius 1 is 1.21 bits per heavy atom. The van der Waals surface area contributed by atoms with Crippen molar-refractivity contribution in [2.24, 2.45) is 10.9 Å². The summed E-state index contributed by atoms with van der Waals surface area (Å²) >= 11 is 0. The van der Waals surface area contributed by atoms with Crippen LogP contribution in [0.25, 0.3) is 0 Å². The van der Waals surface area contributed by atoms with Crippen molar-refractivity contribution in [1.29, 1.82) is 0 Å². The van der Waals surface area contributed by atoms with Crippen LogP contribution in [0.2, 0.25) is 0 Å². The van der Waals surface area contributed by atoms with Crippen LogP contribution in [0, 0.1) is 12.8 Å². The molecule has 28 heavy (non-hydrogen) atoms. The zero-order valence-corrected chi connectivity index (χ0v) is 18.1. The van der Waals surface area contributed by atoms with E-state index < -0.39 is 0 Å². The van der Waals surface area contributed by atoms with Crippen LogP contribution in [-0.4, -0.2) is 64.4 Å². The summed E-state index contributed by atoms with van der Waals surface area (Å²) < 4.78 is 11.0. The van der Waals surface area contributed by atoms with Crippen molar-refractivity contribution >= 4 is 5.96 Å². The van der Waals surface area contributed by atoms with Gasteiger partial charge in [-0.15, -0.1) is 0 Å². The minimum atomic E-state index is 0.552. The first-order chi connectivity index (χ1) is 13.7. The topological polar surface area (TPSA) is 58.1 Å². The van der Waals surface area contributed by atoms with Crippen molar-refractivity contribution in [2.75, 3.05) is 53.6 Å². The summed E-state index contributed by atoms with van der Waals surface area (Å²) in [5.74, 6) is 2.47. The summed E-state index contributed by atoms with van der Waals surface area (Å²) in [6.45, 7) is 10.8. The Morgan fingerprint density at radius 3 is 2.68 bits per heavy atom. The highest BCUT2D eigenvalue weighted by Crippen LogP contribution is 2.20. The molecule has 2 N–H and O–H groups in total. The Labute approximate surface area is 170 Å². The Bertz CT molecular complexity index is 598. The summed E-state index contributed by atoms with van der Waals surface area (Å²) in [5, 5.41) is 6.92. The second-order valence-corrected chi connectivity index (χ2v) is 7.54. The van der Waals surface area contributed by atoms with Crippen LogP contribution in [0.3, 0.4) is 0 Å². The quantitative estimate of drug-likeness (QED) is 0.365. The number of aliphatic imine (C=N–C) groups is 1. The number of ether oxygens (including phenoxy) is 2.